The first-order valence-electron chi connectivity index (χ1n) is 11.1. The number of hydrogen-bond acceptors (Lipinski definition) is 7. The molecule has 2 N–H and O–H groups in total. The van der Waals surface area contributed by atoms with Gasteiger partial charge < -0.3 is 20.1 Å². The van der Waals surface area contributed by atoms with Gasteiger partial charge in [0.15, 0.2) is 17.0 Å². The molecular formula is C21H36N6O2. The Balaban J connectivity index is 1.61. The Morgan fingerprint density at radius 2 is 1.86 bits per heavy atom. The highest BCUT2D eigenvalue weighted by Gasteiger charge is 2.19. The highest BCUT2D eigenvalue weighted by Crippen LogP contribution is 2.27. The molecule has 3 rings (SSSR count). The second-order valence-electron chi connectivity index (χ2n) is 7.89. The van der Waals surface area contributed by atoms with E-state index in [0.29, 0.717) is 35.6 Å². The van der Waals surface area contributed by atoms with Crippen LogP contribution in [0.2, 0.25) is 0 Å². The van der Waals surface area contributed by atoms with Crippen molar-refractivity contribution in [1.29, 1.82) is 0 Å². The Kier molecular flexibility index (Phi) is 7.91. The highest BCUT2D eigenvalue weighted by atomic mass is 16.5. The summed E-state index contributed by atoms with van der Waals surface area (Å²) in [5.74, 6) is 1.19. The number of aromatic nitrogens is 4. The lowest BCUT2D eigenvalue weighted by Crippen LogP contribution is -2.33. The topological polar surface area (TPSA) is 91.3 Å². The van der Waals surface area contributed by atoms with Gasteiger partial charge in [-0.2, -0.15) is 15.0 Å². The average Bonchev–Trinajstić information content (AvgIpc) is 3.10. The number of anilines is 1. The van der Waals surface area contributed by atoms with Gasteiger partial charge >= 0.3 is 6.01 Å². The molecule has 1 saturated heterocycles. The van der Waals surface area contributed by atoms with E-state index in [-0.39, 0.29) is 0 Å². The van der Waals surface area contributed by atoms with E-state index in [0.717, 1.165) is 31.7 Å². The van der Waals surface area contributed by atoms with Crippen LogP contribution in [0.1, 0.15) is 58.8 Å². The van der Waals surface area contributed by atoms with Crippen LogP contribution in [0.3, 0.4) is 0 Å². The van der Waals surface area contributed by atoms with E-state index in [4.69, 9.17) is 15.2 Å². The lowest BCUT2D eigenvalue weighted by Gasteiger charge is -2.31. The average molecular weight is 405 g/mol. The summed E-state index contributed by atoms with van der Waals surface area (Å²) in [6.07, 6.45) is 8.21. The SMILES string of the molecule is CCCCOc1nc(N)c2nc(OC)n(CCCCC3CCN(CC)CC3)c2n1. The normalized spacial score (nSPS) is 15.8. The van der Waals surface area contributed by atoms with Crippen molar-refractivity contribution in [3.8, 4) is 12.0 Å². The number of aryl methyl sites for hydroxylation is 1. The zero-order valence-corrected chi connectivity index (χ0v) is 18.2. The van der Waals surface area contributed by atoms with Crippen LogP contribution in [0.4, 0.5) is 5.82 Å². The van der Waals surface area contributed by atoms with Gasteiger partial charge in [-0.25, -0.2) is 0 Å². The zero-order valence-electron chi connectivity index (χ0n) is 18.2. The molecule has 0 amide bonds. The first kappa shape index (κ1) is 21.6. The molecule has 1 aliphatic rings. The van der Waals surface area contributed by atoms with Gasteiger partial charge in [0.1, 0.15) is 0 Å². The fourth-order valence-electron chi connectivity index (χ4n) is 4.01. The van der Waals surface area contributed by atoms with E-state index < -0.39 is 0 Å². The van der Waals surface area contributed by atoms with Crippen LogP contribution in [-0.4, -0.2) is 57.8 Å². The van der Waals surface area contributed by atoms with Crippen LogP contribution in [0.5, 0.6) is 12.0 Å². The summed E-state index contributed by atoms with van der Waals surface area (Å²) in [4.78, 5) is 15.8. The molecule has 162 valence electrons. The fraction of sp³-hybridized carbons (Fsp3) is 0.762. The molecule has 0 unspecified atom stereocenters. The van der Waals surface area contributed by atoms with E-state index in [1.165, 1.54) is 45.3 Å². The van der Waals surface area contributed by atoms with Gasteiger partial charge in [-0.3, -0.25) is 4.57 Å². The molecule has 0 aliphatic carbocycles. The molecule has 0 spiro atoms. The van der Waals surface area contributed by atoms with E-state index in [9.17, 15) is 0 Å². The second kappa shape index (κ2) is 10.6. The molecule has 0 radical (unpaired) electrons. The van der Waals surface area contributed by atoms with Crippen LogP contribution in [0, 0.1) is 5.92 Å². The molecule has 29 heavy (non-hydrogen) atoms. The molecule has 3 heterocycles. The summed E-state index contributed by atoms with van der Waals surface area (Å²) in [6, 6.07) is 0.845. The standard InChI is InChI=1S/C21H36N6O2/c1-4-6-15-29-20-24-18(22)17-19(25-20)27(21(23-17)28-3)12-8-7-9-16-10-13-26(5-2)14-11-16/h16H,4-15H2,1-3H3,(H2,22,24,25). The quantitative estimate of drug-likeness (QED) is 0.573. The van der Waals surface area contributed by atoms with Crippen LogP contribution >= 0.6 is 0 Å². The first-order chi connectivity index (χ1) is 14.2. The molecule has 2 aromatic heterocycles. The number of nitrogens with zero attached hydrogens (tertiary/aromatic N) is 5. The van der Waals surface area contributed by atoms with Crippen molar-refractivity contribution in [2.75, 3.05) is 39.1 Å². The van der Waals surface area contributed by atoms with Crippen molar-refractivity contribution < 1.29 is 9.47 Å². The minimum absolute atomic E-state index is 0.315. The number of unbranched alkanes of at least 4 members (excludes halogenated alkanes) is 2. The molecule has 1 fully saturated rings. The van der Waals surface area contributed by atoms with Crippen LogP contribution < -0.4 is 15.2 Å². The number of nitrogens with two attached hydrogens (primary N) is 1. The van der Waals surface area contributed by atoms with E-state index in [2.05, 4.69) is 33.7 Å². The summed E-state index contributed by atoms with van der Waals surface area (Å²) in [5.41, 5.74) is 7.38. The number of hydrogen-bond donors (Lipinski definition) is 1. The second-order valence-corrected chi connectivity index (χ2v) is 7.89. The molecular weight excluding hydrogens is 368 g/mol. The Morgan fingerprint density at radius 3 is 2.55 bits per heavy atom. The number of methoxy groups -OCH3 is 1. The predicted octanol–water partition coefficient (Wildman–Crippen LogP) is 3.50. The van der Waals surface area contributed by atoms with Crippen molar-refractivity contribution in [2.45, 2.75) is 65.3 Å². The first-order valence-corrected chi connectivity index (χ1v) is 11.1. The minimum atomic E-state index is 0.315. The molecule has 1 aliphatic heterocycles. The Morgan fingerprint density at radius 1 is 1.07 bits per heavy atom. The van der Waals surface area contributed by atoms with Crippen molar-refractivity contribution in [3.05, 3.63) is 0 Å². The number of imidazole rings is 1. The Hall–Kier alpha value is -2.09. The number of fused-ring (bicyclic) bond motifs is 1. The predicted molar refractivity (Wildman–Crippen MR) is 115 cm³/mol. The van der Waals surface area contributed by atoms with Gasteiger partial charge in [0.25, 0.3) is 6.01 Å². The monoisotopic (exact) mass is 404 g/mol. The maximum atomic E-state index is 6.11. The molecule has 0 saturated carbocycles. The van der Waals surface area contributed by atoms with Crippen LogP contribution in [0.15, 0.2) is 0 Å². The smallest absolute Gasteiger partial charge is 0.320 e. The molecule has 2 aromatic rings. The van der Waals surface area contributed by atoms with Crippen molar-refractivity contribution in [3.63, 3.8) is 0 Å². The Labute approximate surface area is 173 Å². The summed E-state index contributed by atoms with van der Waals surface area (Å²) >= 11 is 0. The van der Waals surface area contributed by atoms with Gasteiger partial charge in [-0.1, -0.05) is 33.1 Å². The molecule has 8 heteroatoms. The lowest BCUT2D eigenvalue weighted by atomic mass is 9.91. The third kappa shape index (κ3) is 5.50. The van der Waals surface area contributed by atoms with Crippen molar-refractivity contribution in [1.82, 2.24) is 24.4 Å². The third-order valence-corrected chi connectivity index (χ3v) is 5.88. The fourth-order valence-corrected chi connectivity index (χ4v) is 4.01. The van der Waals surface area contributed by atoms with Gasteiger partial charge in [-0.05, 0) is 51.2 Å². The third-order valence-electron chi connectivity index (χ3n) is 5.88. The number of likely N-dealkylation sites (tertiary alicyclic amines) is 1. The van der Waals surface area contributed by atoms with Gasteiger partial charge in [-0.15, -0.1) is 0 Å². The number of ether oxygens (including phenoxy) is 2. The summed E-state index contributed by atoms with van der Waals surface area (Å²) in [5, 5.41) is 0. The number of nitrogen functional groups attached to an aromatic ring is 1. The molecule has 0 aromatic carbocycles. The molecule has 8 nitrogen and oxygen atoms in total. The van der Waals surface area contributed by atoms with E-state index >= 15 is 0 Å². The Bertz CT molecular complexity index is 770. The van der Waals surface area contributed by atoms with Crippen LogP contribution in [-0.2, 0) is 6.54 Å². The minimum Gasteiger partial charge on any atom is -0.468 e. The maximum absolute atomic E-state index is 6.11. The van der Waals surface area contributed by atoms with Gasteiger partial charge in [0, 0.05) is 6.54 Å². The maximum Gasteiger partial charge on any atom is 0.320 e. The van der Waals surface area contributed by atoms with E-state index in [1.54, 1.807) is 7.11 Å². The lowest BCUT2D eigenvalue weighted by molar-refractivity contribution is 0.184. The summed E-state index contributed by atoms with van der Waals surface area (Å²) in [7, 11) is 1.63. The van der Waals surface area contributed by atoms with Crippen molar-refractivity contribution in [2.24, 2.45) is 5.92 Å². The van der Waals surface area contributed by atoms with E-state index in [1.807, 2.05) is 4.57 Å². The number of rotatable bonds is 11. The number of piperidine rings is 1. The highest BCUT2D eigenvalue weighted by molar-refractivity contribution is 5.83. The van der Waals surface area contributed by atoms with Crippen molar-refractivity contribution >= 4 is 17.0 Å². The summed E-state index contributed by atoms with van der Waals surface area (Å²) < 4.78 is 13.1. The molecule has 0 bridgehead atoms. The summed E-state index contributed by atoms with van der Waals surface area (Å²) in [6.45, 7) is 9.43. The largest absolute Gasteiger partial charge is 0.468 e. The zero-order chi connectivity index (χ0) is 20.6. The van der Waals surface area contributed by atoms with Gasteiger partial charge in [0.2, 0.25) is 0 Å². The van der Waals surface area contributed by atoms with Gasteiger partial charge in [0.05, 0.1) is 13.7 Å². The molecule has 0 atom stereocenters. The van der Waals surface area contributed by atoms with Crippen LogP contribution in [0.25, 0.3) is 11.2 Å².